The monoisotopic (exact) mass is 282 g/mol. The van der Waals surface area contributed by atoms with Gasteiger partial charge in [0.1, 0.15) is 6.07 Å². The molecule has 2 heterocycles. The van der Waals surface area contributed by atoms with Crippen molar-refractivity contribution in [1.29, 1.82) is 5.26 Å². The van der Waals surface area contributed by atoms with E-state index in [1.165, 1.54) is 6.20 Å². The van der Waals surface area contributed by atoms with Gasteiger partial charge in [0, 0.05) is 18.1 Å². The zero-order valence-corrected chi connectivity index (χ0v) is 10.5. The van der Waals surface area contributed by atoms with Crippen molar-refractivity contribution in [2.75, 3.05) is 4.72 Å². The highest BCUT2D eigenvalue weighted by Crippen LogP contribution is 2.36. The molecule has 0 radical (unpaired) electrons. The molecule has 0 saturated carbocycles. The smallest absolute Gasteiger partial charge is 0.299 e. The van der Waals surface area contributed by atoms with Crippen LogP contribution in [0.5, 0.6) is 0 Å². The van der Waals surface area contributed by atoms with Gasteiger partial charge in [-0.25, -0.2) is 0 Å². The van der Waals surface area contributed by atoms with Crippen molar-refractivity contribution < 1.29 is 8.42 Å². The second-order valence-electron chi connectivity index (χ2n) is 3.88. The van der Waals surface area contributed by atoms with E-state index in [0.717, 1.165) is 5.56 Å². The first kappa shape index (κ1) is 11.3. The summed E-state index contributed by atoms with van der Waals surface area (Å²) in [7, 11) is -3.54. The lowest BCUT2D eigenvalue weighted by atomic mass is 10.1. The Bertz CT molecular complexity index is 803. The molecule has 0 fully saturated rings. The fraction of sp³-hybridized carbons (Fsp3) is 0.100. The molecule has 0 amide bonds. The molecule has 0 spiro atoms. The summed E-state index contributed by atoms with van der Waals surface area (Å²) in [6.45, 7) is 0.168. The number of aromatic amines is 1. The van der Waals surface area contributed by atoms with E-state index in [1.54, 1.807) is 6.07 Å². The van der Waals surface area contributed by atoms with Crippen LogP contribution in [0, 0.1) is 11.3 Å². The molecule has 3 N–H and O–H groups in total. The topological polar surface area (TPSA) is 97.8 Å². The molecular formula is C10H7ClN4O2S. The van der Waals surface area contributed by atoms with Gasteiger partial charge in [0.15, 0.2) is 0 Å². The molecule has 1 aromatic heterocycles. The molecule has 6 nitrogen and oxygen atoms in total. The predicted molar refractivity (Wildman–Crippen MR) is 67.4 cm³/mol. The van der Waals surface area contributed by atoms with Crippen molar-refractivity contribution in [3.8, 4) is 6.07 Å². The second kappa shape index (κ2) is 3.62. The van der Waals surface area contributed by atoms with Crippen LogP contribution in [-0.2, 0) is 16.8 Å². The third kappa shape index (κ3) is 1.54. The van der Waals surface area contributed by atoms with Crippen LogP contribution < -0.4 is 9.44 Å². The lowest BCUT2D eigenvalue weighted by Gasteiger charge is -2.20. The van der Waals surface area contributed by atoms with Gasteiger partial charge in [-0.15, -0.1) is 0 Å². The molecule has 8 heteroatoms. The largest absolute Gasteiger partial charge is 0.358 e. The van der Waals surface area contributed by atoms with Crippen molar-refractivity contribution in [3.63, 3.8) is 0 Å². The minimum Gasteiger partial charge on any atom is -0.358 e. The Morgan fingerprint density at radius 3 is 2.94 bits per heavy atom. The molecule has 18 heavy (non-hydrogen) atoms. The maximum Gasteiger partial charge on any atom is 0.299 e. The normalized spacial score (nSPS) is 16.9. The number of nitrogens with zero attached hydrogens (tertiary/aromatic N) is 1. The van der Waals surface area contributed by atoms with Crippen LogP contribution in [0.15, 0.2) is 12.3 Å². The minimum absolute atomic E-state index is 0.168. The number of nitrogens with one attached hydrogen (secondary N) is 3. The average molecular weight is 283 g/mol. The van der Waals surface area contributed by atoms with Crippen molar-refractivity contribution in [2.24, 2.45) is 0 Å². The number of rotatable bonds is 0. The Morgan fingerprint density at radius 1 is 1.44 bits per heavy atom. The van der Waals surface area contributed by atoms with Crippen LogP contribution in [-0.4, -0.2) is 13.4 Å². The fourth-order valence-corrected chi connectivity index (χ4v) is 3.26. The van der Waals surface area contributed by atoms with E-state index in [4.69, 9.17) is 16.9 Å². The van der Waals surface area contributed by atoms with Gasteiger partial charge in [-0.05, 0) is 11.6 Å². The predicted octanol–water partition coefficient (Wildman–Crippen LogP) is 1.45. The summed E-state index contributed by atoms with van der Waals surface area (Å²) >= 11 is 6.11. The fourth-order valence-electron chi connectivity index (χ4n) is 2.01. The zero-order valence-electron chi connectivity index (χ0n) is 8.91. The summed E-state index contributed by atoms with van der Waals surface area (Å²) < 4.78 is 27.7. The third-order valence-corrected chi connectivity index (χ3v) is 4.10. The van der Waals surface area contributed by atoms with Gasteiger partial charge in [-0.1, -0.05) is 11.6 Å². The lowest BCUT2D eigenvalue weighted by Crippen LogP contribution is -2.34. The van der Waals surface area contributed by atoms with E-state index < -0.39 is 10.2 Å². The van der Waals surface area contributed by atoms with Crippen LogP contribution in [0.25, 0.3) is 10.9 Å². The average Bonchev–Trinajstić information content (AvgIpc) is 2.74. The van der Waals surface area contributed by atoms with Crippen molar-refractivity contribution in [1.82, 2.24) is 9.71 Å². The van der Waals surface area contributed by atoms with E-state index in [9.17, 15) is 8.42 Å². The maximum atomic E-state index is 11.5. The van der Waals surface area contributed by atoms with Gasteiger partial charge in [0.25, 0.3) is 10.2 Å². The van der Waals surface area contributed by atoms with E-state index in [-0.39, 0.29) is 6.54 Å². The van der Waals surface area contributed by atoms with Gasteiger partial charge in [0.2, 0.25) is 0 Å². The summed E-state index contributed by atoms with van der Waals surface area (Å²) in [6, 6.07) is 3.67. The minimum atomic E-state index is -3.54. The van der Waals surface area contributed by atoms with E-state index in [1.807, 2.05) is 6.07 Å². The van der Waals surface area contributed by atoms with Crippen LogP contribution >= 0.6 is 11.6 Å². The number of hydrogen-bond donors (Lipinski definition) is 3. The Morgan fingerprint density at radius 2 is 2.22 bits per heavy atom. The molecule has 0 bridgehead atoms. The quantitative estimate of drug-likeness (QED) is 0.682. The van der Waals surface area contributed by atoms with Gasteiger partial charge in [-0.3, -0.25) is 4.72 Å². The molecule has 1 aromatic carbocycles. The summed E-state index contributed by atoms with van der Waals surface area (Å²) in [5.41, 5.74) is 2.08. The number of aromatic nitrogens is 1. The first-order chi connectivity index (χ1) is 8.52. The van der Waals surface area contributed by atoms with Crippen LogP contribution in [0.4, 0.5) is 5.69 Å². The number of benzene rings is 1. The molecule has 92 valence electrons. The molecule has 0 unspecified atom stereocenters. The summed E-state index contributed by atoms with van der Waals surface area (Å²) in [5.74, 6) is 0. The Balaban J connectivity index is 2.39. The molecule has 1 aliphatic rings. The molecule has 1 aliphatic heterocycles. The summed E-state index contributed by atoms with van der Waals surface area (Å²) in [4.78, 5) is 2.88. The summed E-state index contributed by atoms with van der Waals surface area (Å²) in [6.07, 6.45) is 1.51. The van der Waals surface area contributed by atoms with Crippen LogP contribution in [0.1, 0.15) is 11.1 Å². The zero-order chi connectivity index (χ0) is 12.9. The molecule has 0 saturated heterocycles. The van der Waals surface area contributed by atoms with Crippen molar-refractivity contribution >= 4 is 38.4 Å². The molecule has 3 rings (SSSR count). The van der Waals surface area contributed by atoms with E-state index >= 15 is 0 Å². The van der Waals surface area contributed by atoms with Gasteiger partial charge in [-0.2, -0.15) is 18.4 Å². The number of fused-ring (bicyclic) bond motifs is 3. The Labute approximate surface area is 108 Å². The van der Waals surface area contributed by atoms with Crippen LogP contribution in [0.2, 0.25) is 5.02 Å². The molecular weight excluding hydrogens is 276 g/mol. The van der Waals surface area contributed by atoms with Gasteiger partial charge in [0.05, 0.1) is 21.8 Å². The number of hydrogen-bond acceptors (Lipinski definition) is 3. The summed E-state index contributed by atoms with van der Waals surface area (Å²) in [5, 5.41) is 9.93. The van der Waals surface area contributed by atoms with Gasteiger partial charge >= 0.3 is 0 Å². The molecule has 2 aromatic rings. The van der Waals surface area contributed by atoms with Crippen molar-refractivity contribution in [2.45, 2.75) is 6.54 Å². The van der Waals surface area contributed by atoms with Crippen LogP contribution in [0.3, 0.4) is 0 Å². The second-order valence-corrected chi connectivity index (χ2v) is 5.79. The van der Waals surface area contributed by atoms with E-state index in [0.29, 0.717) is 27.2 Å². The number of anilines is 1. The first-order valence-corrected chi connectivity index (χ1v) is 6.88. The first-order valence-electron chi connectivity index (χ1n) is 5.02. The highest BCUT2D eigenvalue weighted by atomic mass is 35.5. The van der Waals surface area contributed by atoms with E-state index in [2.05, 4.69) is 14.4 Å². The molecule has 0 atom stereocenters. The van der Waals surface area contributed by atoms with Gasteiger partial charge < -0.3 is 4.98 Å². The standard InChI is InChI=1S/C10H7ClN4O2S/c11-7-1-5-4-14-18(16,17)15-9(5)10-8(7)6(2-12)3-13-10/h1,3,13-15H,4H2. The highest BCUT2D eigenvalue weighted by Gasteiger charge is 2.24. The molecule has 0 aliphatic carbocycles. The Hall–Kier alpha value is -1.75. The lowest BCUT2D eigenvalue weighted by molar-refractivity contribution is 0.584. The van der Waals surface area contributed by atoms with Crippen molar-refractivity contribution in [3.05, 3.63) is 28.4 Å². The Kier molecular flexibility index (Phi) is 2.28. The third-order valence-electron chi connectivity index (χ3n) is 2.80. The number of nitriles is 1. The number of H-pyrrole nitrogens is 1. The number of halogens is 1. The SMILES string of the molecule is N#Cc1c[nH]c2c3c(cc(Cl)c12)CNS(=O)(=O)N3. The maximum absolute atomic E-state index is 11.5. The highest BCUT2D eigenvalue weighted by molar-refractivity contribution is 7.90.